The van der Waals surface area contributed by atoms with Gasteiger partial charge in [-0.3, -0.25) is 76.6 Å². The SMILES string of the molecule is CC(=O)N[C@@H](CC(C)C)C(=O)N[C@@H](Cc1ccc(O)cc1)C(=O)N[C@@H](CCCN=C(N)N)C(=O)N[C@@H](C)C(=O)N[C@@H](CC(N)=O)C(=O)NCC(=O)N[C@H](C(=O)N[C@@H](CO)C(=O)N1CCC[C@H]1C(=O)NCC(=O)N[C@@H](Cc1ccc(O)cc1)C(=O)N[C@@H](CO)C(N)=O)[C@@H](C)OP(=O)(O)O. The highest BCUT2D eigenvalue weighted by molar-refractivity contribution is 7.46. The monoisotopic (exact) mass is 1410 g/mol. The second-order valence-electron chi connectivity index (χ2n) is 23.1. The van der Waals surface area contributed by atoms with Crippen LogP contribution in [0.5, 0.6) is 11.5 Å². The minimum Gasteiger partial charge on any atom is -0.508 e. The minimum atomic E-state index is -5.48. The molecule has 14 amide bonds. The summed E-state index contributed by atoms with van der Waals surface area (Å²) in [6.07, 6.45) is -3.11. The number of carbonyl (C=O) groups excluding carboxylic acids is 14. The zero-order valence-corrected chi connectivity index (χ0v) is 55.2. The number of phosphoric acid groups is 1. The number of phenolic OH excluding ortho intramolecular Hbond substituents is 2. The van der Waals surface area contributed by atoms with Crippen LogP contribution in [0.1, 0.15) is 84.3 Å². The molecule has 3 rings (SSSR count). The molecule has 0 saturated carbocycles. The number of benzene rings is 2. The Labute approximate surface area is 561 Å². The number of nitrogens with two attached hydrogens (primary N) is 4. The van der Waals surface area contributed by atoms with Crippen molar-refractivity contribution in [2.75, 3.05) is 39.4 Å². The predicted molar refractivity (Wildman–Crippen MR) is 342 cm³/mol. The molecular weight excluding hydrogens is 1320 g/mol. The maximum atomic E-state index is 14.2. The Bertz CT molecular complexity index is 3240. The molecule has 39 nitrogen and oxygen atoms in total. The van der Waals surface area contributed by atoms with Gasteiger partial charge in [-0.2, -0.15) is 0 Å². The summed E-state index contributed by atoms with van der Waals surface area (Å²) >= 11 is 0. The van der Waals surface area contributed by atoms with Gasteiger partial charge in [0.1, 0.15) is 71.9 Å². The Balaban J connectivity index is 1.76. The van der Waals surface area contributed by atoms with E-state index in [-0.39, 0.29) is 81.4 Å². The number of carbonyl (C=O) groups is 14. The van der Waals surface area contributed by atoms with Gasteiger partial charge in [-0.1, -0.05) is 38.1 Å². The molecule has 1 aliphatic heterocycles. The van der Waals surface area contributed by atoms with E-state index < -0.39 is 190 Å². The van der Waals surface area contributed by atoms with Crippen LogP contribution in [0.25, 0.3) is 0 Å². The van der Waals surface area contributed by atoms with Crippen molar-refractivity contribution in [1.82, 2.24) is 63.4 Å². The summed E-state index contributed by atoms with van der Waals surface area (Å²) in [5, 5.41) is 65.0. The van der Waals surface area contributed by atoms with Crippen molar-refractivity contribution < 1.29 is 106 Å². The van der Waals surface area contributed by atoms with Crippen molar-refractivity contribution in [3.63, 3.8) is 0 Å². The highest BCUT2D eigenvalue weighted by Crippen LogP contribution is 2.38. The molecule has 25 N–H and O–H groups in total. The number of hydrogen-bond donors (Lipinski definition) is 21. The number of guanidine groups is 1. The Morgan fingerprint density at radius 1 is 0.592 bits per heavy atom. The Hall–Kier alpha value is -10.1. The maximum absolute atomic E-state index is 14.2. The van der Waals surface area contributed by atoms with Crippen LogP contribution in [0.2, 0.25) is 0 Å². The maximum Gasteiger partial charge on any atom is 0.469 e. The molecule has 98 heavy (non-hydrogen) atoms. The normalized spacial score (nSPS) is 15.8. The molecule has 40 heteroatoms. The predicted octanol–water partition coefficient (Wildman–Crippen LogP) is -8.55. The van der Waals surface area contributed by atoms with Crippen LogP contribution in [-0.4, -0.2) is 230 Å². The van der Waals surface area contributed by atoms with E-state index in [2.05, 4.69) is 68.0 Å². The summed E-state index contributed by atoms with van der Waals surface area (Å²) < 4.78 is 16.6. The third-order valence-corrected chi connectivity index (χ3v) is 15.1. The second-order valence-corrected chi connectivity index (χ2v) is 24.3. The average molecular weight is 1410 g/mol. The first-order valence-electron chi connectivity index (χ1n) is 30.6. The number of hydrogen-bond acceptors (Lipinski definition) is 21. The molecule has 0 aromatic heterocycles. The van der Waals surface area contributed by atoms with E-state index >= 15 is 0 Å². The molecule has 11 atom stereocenters. The van der Waals surface area contributed by atoms with Gasteiger partial charge in [0.15, 0.2) is 5.96 Å². The van der Waals surface area contributed by atoms with Gasteiger partial charge in [-0.25, -0.2) is 4.57 Å². The molecule has 0 spiro atoms. The smallest absolute Gasteiger partial charge is 0.469 e. The van der Waals surface area contributed by atoms with E-state index in [1.165, 1.54) is 55.5 Å². The van der Waals surface area contributed by atoms with Crippen molar-refractivity contribution in [2.45, 2.75) is 153 Å². The summed E-state index contributed by atoms with van der Waals surface area (Å²) in [6, 6.07) is -4.79. The van der Waals surface area contributed by atoms with Crippen LogP contribution >= 0.6 is 7.82 Å². The van der Waals surface area contributed by atoms with Gasteiger partial charge < -0.3 is 117 Å². The Morgan fingerprint density at radius 2 is 1.08 bits per heavy atom. The van der Waals surface area contributed by atoms with Gasteiger partial charge in [-0.15, -0.1) is 0 Å². The molecular formula is C58H88N17O22P. The van der Waals surface area contributed by atoms with Gasteiger partial charge in [0, 0.05) is 32.9 Å². The van der Waals surface area contributed by atoms with Crippen molar-refractivity contribution in [1.29, 1.82) is 0 Å². The number of nitrogens with zero attached hydrogens (tertiary/aromatic N) is 2. The van der Waals surface area contributed by atoms with E-state index in [0.717, 1.165) is 18.7 Å². The van der Waals surface area contributed by atoms with Crippen LogP contribution in [0.4, 0.5) is 0 Å². The largest absolute Gasteiger partial charge is 0.508 e. The molecule has 1 heterocycles. The standard InChI is InChI=1S/C58H88N17O22P/c1-28(2)20-37(67-31(5)78)52(88)71-39(22-33-12-16-35(80)17-13-33)54(90)69-36(8-6-18-63-58(61)62)51(87)66-29(3)49(85)70-40(23-44(59)81)50(86)64-25-46(83)74-47(30(4)97-98(94,95)96)56(92)73-42(27-77)57(93)75-19-7-9-43(75)55(91)65-24-45(82)68-38(21-32-10-14-34(79)15-11-32)53(89)72-41(26-76)48(60)84/h10-17,28-30,36-43,47,76-77,79-80H,6-9,18-27H2,1-5H3,(H2,59,81)(H2,60,84)(H,64,86)(H,65,91)(H,66,87)(H,67,78)(H,68,82)(H,69,90)(H,70,85)(H,71,88)(H,72,89)(H,73,92)(H,74,83)(H4,61,62,63)(H2,94,95,96)/t29-,30+,36-,37-,38-,39-,40-,41-,42-,43-,47-/m0/s1. The van der Waals surface area contributed by atoms with Gasteiger partial charge in [0.2, 0.25) is 82.7 Å². The van der Waals surface area contributed by atoms with Crippen LogP contribution in [0.15, 0.2) is 53.5 Å². The number of phenols is 2. The molecule has 1 aliphatic rings. The van der Waals surface area contributed by atoms with Gasteiger partial charge in [-0.05, 0) is 87.3 Å². The zero-order valence-electron chi connectivity index (χ0n) is 54.3. The lowest BCUT2D eigenvalue weighted by Crippen LogP contribution is -2.61. The molecule has 1 saturated heterocycles. The third kappa shape index (κ3) is 29.1. The van der Waals surface area contributed by atoms with E-state index in [4.69, 9.17) is 22.9 Å². The van der Waals surface area contributed by atoms with E-state index in [1.807, 2.05) is 0 Å². The lowest BCUT2D eigenvalue weighted by molar-refractivity contribution is -0.143. The lowest BCUT2D eigenvalue weighted by Gasteiger charge is -2.30. The lowest BCUT2D eigenvalue weighted by atomic mass is 10.0. The van der Waals surface area contributed by atoms with Crippen LogP contribution in [-0.2, 0) is 89.1 Å². The zero-order chi connectivity index (χ0) is 73.7. The summed E-state index contributed by atoms with van der Waals surface area (Å²) in [5.41, 5.74) is 22.4. The number of nitrogens with one attached hydrogen (secondary N) is 11. The van der Waals surface area contributed by atoms with E-state index in [9.17, 15) is 102 Å². The van der Waals surface area contributed by atoms with Crippen LogP contribution in [0, 0.1) is 5.92 Å². The molecule has 2 aromatic rings. The number of primary amides is 2. The molecule has 0 bridgehead atoms. The highest BCUT2D eigenvalue weighted by Gasteiger charge is 2.41. The third-order valence-electron chi connectivity index (χ3n) is 14.5. The fourth-order valence-electron chi connectivity index (χ4n) is 9.65. The first-order valence-corrected chi connectivity index (χ1v) is 32.1. The van der Waals surface area contributed by atoms with Gasteiger partial charge in [0.25, 0.3) is 0 Å². The highest BCUT2D eigenvalue weighted by atomic mass is 31.2. The Morgan fingerprint density at radius 3 is 1.59 bits per heavy atom. The number of aliphatic imine (C=N–C) groups is 1. The van der Waals surface area contributed by atoms with Crippen molar-refractivity contribution in [2.24, 2.45) is 33.8 Å². The second kappa shape index (κ2) is 39.8. The van der Waals surface area contributed by atoms with Crippen molar-refractivity contribution >= 4 is 96.5 Å². The fourth-order valence-corrected chi connectivity index (χ4v) is 10.2. The number of rotatable bonds is 40. The number of aliphatic hydroxyl groups excluding tert-OH is 2. The summed E-state index contributed by atoms with van der Waals surface area (Å²) in [5.74, 6) is -15.2. The topological polar surface area (TPSA) is 639 Å². The molecule has 0 aliphatic carbocycles. The molecule has 0 radical (unpaired) electrons. The number of phosphoric ester groups is 1. The van der Waals surface area contributed by atoms with Gasteiger partial charge >= 0.3 is 7.82 Å². The summed E-state index contributed by atoms with van der Waals surface area (Å²) in [4.78, 5) is 210. The molecule has 1 fully saturated rings. The van der Waals surface area contributed by atoms with Crippen LogP contribution < -0.4 is 81.4 Å². The molecule has 0 unspecified atom stereocenters. The van der Waals surface area contributed by atoms with E-state index in [1.54, 1.807) is 13.8 Å². The summed E-state index contributed by atoms with van der Waals surface area (Å²) in [6.45, 7) is 2.67. The number of amides is 14. The van der Waals surface area contributed by atoms with Gasteiger partial charge in [0.05, 0.1) is 38.8 Å². The first-order chi connectivity index (χ1) is 45.9. The number of aliphatic hydroxyl groups is 2. The summed E-state index contributed by atoms with van der Waals surface area (Å²) in [7, 11) is -5.48. The van der Waals surface area contributed by atoms with Crippen LogP contribution in [0.3, 0.4) is 0 Å². The van der Waals surface area contributed by atoms with Crippen molar-refractivity contribution in [3.05, 3.63) is 59.7 Å². The fraction of sp³-hybridized carbons (Fsp3) is 0.534. The Kier molecular flexibility index (Phi) is 33.4. The van der Waals surface area contributed by atoms with Crippen molar-refractivity contribution in [3.8, 4) is 11.5 Å². The minimum absolute atomic E-state index is 0.0191. The molecule has 542 valence electrons. The number of likely N-dealkylation sites (tertiary alicyclic amines) is 1. The number of aromatic hydroxyl groups is 2. The quantitative estimate of drug-likeness (QED) is 0.0128. The average Bonchev–Trinajstić information content (AvgIpc) is 1.55. The molecule has 2 aromatic carbocycles. The van der Waals surface area contributed by atoms with E-state index in [0.29, 0.717) is 11.1 Å². The first kappa shape index (κ1) is 82.2.